The maximum atomic E-state index is 14.1. The van der Waals surface area contributed by atoms with Crippen LogP contribution in [0.3, 0.4) is 0 Å². The SMILES string of the molecule is CCCC(CCC)n1ccc(-c2cnc(N)c(OC(C)c3c(CC)ccc(F)c3Cl)c2)n1. The standard InChI is InChI=1S/C25H32ClFN4O/c1-5-8-19(9-6-2)31-13-12-21(30-31)18-14-22(25(28)29-15-18)32-16(4)23-17(7-3)10-11-20(27)24(23)26/h10-16,19H,5-9H2,1-4H3,(H2,28,29). The predicted molar refractivity (Wildman–Crippen MR) is 129 cm³/mol. The normalized spacial score (nSPS) is 12.3. The quantitative estimate of drug-likeness (QED) is 0.350. The lowest BCUT2D eigenvalue weighted by atomic mass is 10.0. The second-order valence-electron chi connectivity index (χ2n) is 8.07. The average molecular weight is 459 g/mol. The van der Waals surface area contributed by atoms with Gasteiger partial charge >= 0.3 is 0 Å². The van der Waals surface area contributed by atoms with Crippen LogP contribution in [0.15, 0.2) is 36.7 Å². The average Bonchev–Trinajstić information content (AvgIpc) is 3.27. The Morgan fingerprint density at radius 2 is 1.88 bits per heavy atom. The van der Waals surface area contributed by atoms with Crippen molar-refractivity contribution < 1.29 is 9.13 Å². The first-order valence-corrected chi connectivity index (χ1v) is 11.7. The minimum absolute atomic E-state index is 0.0798. The van der Waals surface area contributed by atoms with E-state index in [0.717, 1.165) is 42.5 Å². The lowest BCUT2D eigenvalue weighted by molar-refractivity contribution is 0.226. The van der Waals surface area contributed by atoms with E-state index < -0.39 is 11.9 Å². The Morgan fingerprint density at radius 1 is 1.16 bits per heavy atom. The van der Waals surface area contributed by atoms with Gasteiger partial charge in [-0.05, 0) is 49.9 Å². The van der Waals surface area contributed by atoms with Gasteiger partial charge in [0.15, 0.2) is 11.6 Å². The van der Waals surface area contributed by atoms with Gasteiger partial charge in [-0.15, -0.1) is 0 Å². The molecule has 0 radical (unpaired) electrons. The summed E-state index contributed by atoms with van der Waals surface area (Å²) in [6.07, 6.45) is 8.34. The molecule has 0 aliphatic rings. The van der Waals surface area contributed by atoms with Crippen LogP contribution in [0.5, 0.6) is 5.75 Å². The van der Waals surface area contributed by atoms with Gasteiger partial charge in [-0.25, -0.2) is 9.37 Å². The number of aryl methyl sites for hydroxylation is 1. The Balaban J connectivity index is 1.88. The number of halogens is 2. The summed E-state index contributed by atoms with van der Waals surface area (Å²) in [5.41, 5.74) is 9.28. The molecule has 0 saturated carbocycles. The van der Waals surface area contributed by atoms with Gasteiger partial charge in [0.25, 0.3) is 0 Å². The van der Waals surface area contributed by atoms with Gasteiger partial charge in [0.2, 0.25) is 0 Å². The highest BCUT2D eigenvalue weighted by Crippen LogP contribution is 2.35. The summed E-state index contributed by atoms with van der Waals surface area (Å²) in [5.74, 6) is 0.222. The Hall–Kier alpha value is -2.60. The third-order valence-electron chi connectivity index (χ3n) is 5.72. The molecule has 1 unspecified atom stereocenters. The smallest absolute Gasteiger partial charge is 0.166 e. The highest BCUT2D eigenvalue weighted by molar-refractivity contribution is 6.31. The van der Waals surface area contributed by atoms with Gasteiger partial charge in [0.1, 0.15) is 11.9 Å². The van der Waals surface area contributed by atoms with Crippen LogP contribution in [0.2, 0.25) is 5.02 Å². The Kier molecular flexibility index (Phi) is 8.13. The summed E-state index contributed by atoms with van der Waals surface area (Å²) in [5, 5.41) is 4.87. The first-order chi connectivity index (χ1) is 15.4. The third-order valence-corrected chi connectivity index (χ3v) is 6.10. The molecule has 3 aromatic rings. The fourth-order valence-corrected chi connectivity index (χ4v) is 4.40. The van der Waals surface area contributed by atoms with Crippen molar-refractivity contribution in [1.29, 1.82) is 0 Å². The van der Waals surface area contributed by atoms with Crippen LogP contribution in [0.4, 0.5) is 10.2 Å². The minimum atomic E-state index is -0.497. The number of rotatable bonds is 10. The molecule has 7 heteroatoms. The van der Waals surface area contributed by atoms with E-state index in [-0.39, 0.29) is 10.8 Å². The molecule has 1 aromatic carbocycles. The lowest BCUT2D eigenvalue weighted by Gasteiger charge is -2.20. The molecule has 0 bridgehead atoms. The van der Waals surface area contributed by atoms with Gasteiger partial charge in [0, 0.05) is 23.5 Å². The molecule has 1 atom stereocenters. The summed E-state index contributed by atoms with van der Waals surface area (Å²) in [4.78, 5) is 4.31. The van der Waals surface area contributed by atoms with E-state index in [1.54, 1.807) is 12.3 Å². The Labute approximate surface area is 194 Å². The van der Waals surface area contributed by atoms with Crippen LogP contribution >= 0.6 is 11.6 Å². The van der Waals surface area contributed by atoms with Crippen LogP contribution in [-0.4, -0.2) is 14.8 Å². The van der Waals surface area contributed by atoms with Gasteiger partial charge < -0.3 is 10.5 Å². The second kappa shape index (κ2) is 10.8. The number of nitrogen functional groups attached to an aromatic ring is 1. The summed E-state index contributed by atoms with van der Waals surface area (Å²) in [7, 11) is 0. The molecule has 0 aliphatic heterocycles. The summed E-state index contributed by atoms with van der Waals surface area (Å²) >= 11 is 6.27. The van der Waals surface area contributed by atoms with Gasteiger partial charge in [-0.2, -0.15) is 5.10 Å². The largest absolute Gasteiger partial charge is 0.482 e. The summed E-state index contributed by atoms with van der Waals surface area (Å²) < 4.78 is 22.3. The molecule has 0 aliphatic carbocycles. The fraction of sp³-hybridized carbons (Fsp3) is 0.440. The monoisotopic (exact) mass is 458 g/mol. The van der Waals surface area contributed by atoms with E-state index in [4.69, 9.17) is 27.2 Å². The molecule has 5 nitrogen and oxygen atoms in total. The van der Waals surface area contributed by atoms with Crippen LogP contribution < -0.4 is 10.5 Å². The van der Waals surface area contributed by atoms with Crippen LogP contribution in [0, 0.1) is 5.82 Å². The molecular formula is C25H32ClFN4O. The van der Waals surface area contributed by atoms with Gasteiger partial charge in [0.05, 0.1) is 16.8 Å². The number of anilines is 1. The van der Waals surface area contributed by atoms with Crippen molar-refractivity contribution in [2.75, 3.05) is 5.73 Å². The number of nitrogens with zero attached hydrogens (tertiary/aromatic N) is 3. The van der Waals surface area contributed by atoms with Gasteiger partial charge in [-0.3, -0.25) is 4.68 Å². The number of ether oxygens (including phenoxy) is 1. The lowest BCUT2D eigenvalue weighted by Crippen LogP contribution is -2.10. The number of aromatic nitrogens is 3. The number of hydrogen-bond acceptors (Lipinski definition) is 4. The number of hydrogen-bond donors (Lipinski definition) is 1. The van der Waals surface area contributed by atoms with E-state index >= 15 is 0 Å². The van der Waals surface area contributed by atoms with Crippen molar-refractivity contribution in [3.05, 3.63) is 58.6 Å². The number of pyridine rings is 1. The Morgan fingerprint density at radius 3 is 2.53 bits per heavy atom. The molecule has 2 heterocycles. The summed E-state index contributed by atoms with van der Waals surface area (Å²) in [6.45, 7) is 8.21. The maximum Gasteiger partial charge on any atom is 0.166 e. The molecule has 0 spiro atoms. The molecule has 0 amide bonds. The first-order valence-electron chi connectivity index (χ1n) is 11.3. The maximum absolute atomic E-state index is 14.1. The molecular weight excluding hydrogens is 427 g/mol. The van der Waals surface area contributed by atoms with E-state index in [2.05, 4.69) is 18.8 Å². The van der Waals surface area contributed by atoms with Crippen molar-refractivity contribution in [3.63, 3.8) is 0 Å². The van der Waals surface area contributed by atoms with E-state index in [1.165, 1.54) is 6.07 Å². The Bertz CT molecular complexity index is 1050. The zero-order valence-electron chi connectivity index (χ0n) is 19.2. The first kappa shape index (κ1) is 24.1. The molecule has 32 heavy (non-hydrogen) atoms. The van der Waals surface area contributed by atoms with E-state index in [1.807, 2.05) is 36.9 Å². The predicted octanol–water partition coefficient (Wildman–Crippen LogP) is 7.16. The third kappa shape index (κ3) is 5.23. The second-order valence-corrected chi connectivity index (χ2v) is 8.45. The van der Waals surface area contributed by atoms with Crippen molar-refractivity contribution in [1.82, 2.24) is 14.8 Å². The number of nitrogens with two attached hydrogens (primary N) is 1. The highest BCUT2D eigenvalue weighted by Gasteiger charge is 2.20. The van der Waals surface area contributed by atoms with E-state index in [0.29, 0.717) is 23.8 Å². The minimum Gasteiger partial charge on any atom is -0.482 e. The molecule has 172 valence electrons. The van der Waals surface area contributed by atoms with Crippen LogP contribution in [0.1, 0.15) is 76.7 Å². The molecule has 2 N–H and O–H groups in total. The highest BCUT2D eigenvalue weighted by atomic mass is 35.5. The number of benzene rings is 1. The molecule has 3 rings (SSSR count). The zero-order chi connectivity index (χ0) is 23.3. The van der Waals surface area contributed by atoms with Crippen LogP contribution in [0.25, 0.3) is 11.3 Å². The van der Waals surface area contributed by atoms with Crippen molar-refractivity contribution in [2.24, 2.45) is 0 Å². The fourth-order valence-electron chi connectivity index (χ4n) is 4.06. The van der Waals surface area contributed by atoms with Crippen molar-refractivity contribution in [2.45, 2.75) is 71.9 Å². The summed E-state index contributed by atoms with van der Waals surface area (Å²) in [6, 6.07) is 7.33. The molecule has 2 aromatic heterocycles. The topological polar surface area (TPSA) is 66.0 Å². The molecule has 0 saturated heterocycles. The van der Waals surface area contributed by atoms with Crippen LogP contribution in [-0.2, 0) is 6.42 Å². The molecule has 0 fully saturated rings. The van der Waals surface area contributed by atoms with Crippen molar-refractivity contribution in [3.8, 4) is 17.0 Å². The van der Waals surface area contributed by atoms with E-state index in [9.17, 15) is 4.39 Å². The zero-order valence-corrected chi connectivity index (χ0v) is 20.0. The van der Waals surface area contributed by atoms with Crippen molar-refractivity contribution >= 4 is 17.4 Å². The van der Waals surface area contributed by atoms with Gasteiger partial charge in [-0.1, -0.05) is 51.3 Å².